The largest absolute Gasteiger partial charge is 0.456 e. The zero-order valence-electron chi connectivity index (χ0n) is 10.5. The Morgan fingerprint density at radius 1 is 1.11 bits per heavy atom. The summed E-state index contributed by atoms with van der Waals surface area (Å²) in [5.41, 5.74) is 3.44. The quantitative estimate of drug-likeness (QED) is 0.616. The maximum atomic E-state index is 11.9. The van der Waals surface area contributed by atoms with Crippen molar-refractivity contribution < 1.29 is 9.21 Å². The van der Waals surface area contributed by atoms with Gasteiger partial charge in [-0.2, -0.15) is 0 Å². The van der Waals surface area contributed by atoms with Gasteiger partial charge in [-0.15, -0.1) is 0 Å². The van der Waals surface area contributed by atoms with Gasteiger partial charge in [0.05, 0.1) is 0 Å². The summed E-state index contributed by atoms with van der Waals surface area (Å²) in [5, 5.41) is 2.18. The molecule has 0 spiro atoms. The van der Waals surface area contributed by atoms with Gasteiger partial charge in [-0.05, 0) is 30.7 Å². The Morgan fingerprint density at radius 3 is 2.67 bits per heavy atom. The third kappa shape index (κ3) is 1.53. The Bertz CT molecular complexity index is 750. The van der Waals surface area contributed by atoms with Crippen LogP contribution in [0.3, 0.4) is 0 Å². The molecule has 3 rings (SSSR count). The summed E-state index contributed by atoms with van der Waals surface area (Å²) in [6, 6.07) is 11.9. The fourth-order valence-electron chi connectivity index (χ4n) is 2.37. The molecule has 0 unspecified atom stereocenters. The van der Waals surface area contributed by atoms with Crippen molar-refractivity contribution in [2.24, 2.45) is 0 Å². The number of hydrogen-bond acceptors (Lipinski definition) is 2. The highest BCUT2D eigenvalue weighted by Gasteiger charge is 2.12. The molecule has 0 N–H and O–H groups in total. The van der Waals surface area contributed by atoms with E-state index in [0.29, 0.717) is 6.42 Å². The number of para-hydroxylation sites is 1. The maximum Gasteiger partial charge on any atom is 0.163 e. The Hall–Kier alpha value is -2.09. The zero-order chi connectivity index (χ0) is 12.7. The first-order chi connectivity index (χ1) is 8.70. The first-order valence-electron chi connectivity index (χ1n) is 6.16. The number of fused-ring (bicyclic) bond motifs is 3. The van der Waals surface area contributed by atoms with Gasteiger partial charge in [-0.1, -0.05) is 25.1 Å². The average molecular weight is 238 g/mol. The molecule has 0 radical (unpaired) electrons. The first-order valence-corrected chi connectivity index (χ1v) is 6.16. The van der Waals surface area contributed by atoms with E-state index < -0.39 is 0 Å². The molecular weight excluding hydrogens is 224 g/mol. The smallest absolute Gasteiger partial charge is 0.163 e. The van der Waals surface area contributed by atoms with Crippen molar-refractivity contribution in [3.63, 3.8) is 0 Å². The van der Waals surface area contributed by atoms with Crippen LogP contribution in [0.2, 0.25) is 0 Å². The molecule has 0 aliphatic heterocycles. The van der Waals surface area contributed by atoms with Crippen LogP contribution in [0.5, 0.6) is 0 Å². The summed E-state index contributed by atoms with van der Waals surface area (Å²) < 4.78 is 5.79. The van der Waals surface area contributed by atoms with Gasteiger partial charge in [0.15, 0.2) is 5.78 Å². The van der Waals surface area contributed by atoms with Gasteiger partial charge in [0.1, 0.15) is 11.2 Å². The van der Waals surface area contributed by atoms with E-state index in [4.69, 9.17) is 4.42 Å². The van der Waals surface area contributed by atoms with Crippen LogP contribution in [-0.2, 0) is 0 Å². The van der Waals surface area contributed by atoms with E-state index in [9.17, 15) is 4.79 Å². The van der Waals surface area contributed by atoms with Crippen LogP contribution in [0.15, 0.2) is 40.8 Å². The van der Waals surface area contributed by atoms with Crippen molar-refractivity contribution in [3.05, 3.63) is 47.5 Å². The summed E-state index contributed by atoms with van der Waals surface area (Å²) in [6.45, 7) is 3.86. The standard InChI is InChI=1S/C16H14O2/c1-3-14(17)12-9-16-13(8-10(12)2)11-6-4-5-7-15(11)18-16/h4-9H,3H2,1-2H3. The molecule has 2 nitrogen and oxygen atoms in total. The minimum atomic E-state index is 0.162. The van der Waals surface area contributed by atoms with E-state index in [1.165, 1.54) is 0 Å². The van der Waals surface area contributed by atoms with E-state index in [1.807, 2.05) is 50.2 Å². The Morgan fingerprint density at radius 2 is 1.89 bits per heavy atom. The summed E-state index contributed by atoms with van der Waals surface area (Å²) in [4.78, 5) is 11.9. The zero-order valence-corrected chi connectivity index (χ0v) is 10.5. The van der Waals surface area contributed by atoms with E-state index in [-0.39, 0.29) is 5.78 Å². The van der Waals surface area contributed by atoms with E-state index in [1.54, 1.807) is 0 Å². The first kappa shape index (κ1) is 11.0. The molecular formula is C16H14O2. The van der Waals surface area contributed by atoms with Gasteiger partial charge in [0, 0.05) is 22.8 Å². The molecule has 2 aromatic carbocycles. The Kier molecular flexibility index (Phi) is 2.44. The molecule has 2 heteroatoms. The highest BCUT2D eigenvalue weighted by molar-refractivity contribution is 6.08. The number of carbonyl (C=O) groups is 1. The third-order valence-corrected chi connectivity index (χ3v) is 3.35. The molecule has 0 bridgehead atoms. The summed E-state index contributed by atoms with van der Waals surface area (Å²) in [6.07, 6.45) is 0.520. The fourth-order valence-corrected chi connectivity index (χ4v) is 2.37. The lowest BCUT2D eigenvalue weighted by atomic mass is 10.0. The van der Waals surface area contributed by atoms with E-state index in [0.717, 1.165) is 33.1 Å². The summed E-state index contributed by atoms with van der Waals surface area (Å²) in [7, 11) is 0. The highest BCUT2D eigenvalue weighted by Crippen LogP contribution is 2.30. The second-order valence-corrected chi connectivity index (χ2v) is 4.54. The predicted octanol–water partition coefficient (Wildman–Crippen LogP) is 4.49. The van der Waals surface area contributed by atoms with E-state index in [2.05, 4.69) is 0 Å². The molecule has 0 atom stereocenters. The molecule has 0 fully saturated rings. The lowest BCUT2D eigenvalue weighted by Crippen LogP contribution is -1.99. The lowest BCUT2D eigenvalue weighted by molar-refractivity contribution is 0.0987. The van der Waals surface area contributed by atoms with Crippen LogP contribution < -0.4 is 0 Å². The molecule has 1 aromatic heterocycles. The number of hydrogen-bond donors (Lipinski definition) is 0. The third-order valence-electron chi connectivity index (χ3n) is 3.35. The van der Waals surface area contributed by atoms with Crippen LogP contribution in [0.25, 0.3) is 21.9 Å². The summed E-state index contributed by atoms with van der Waals surface area (Å²) in [5.74, 6) is 0.162. The van der Waals surface area contributed by atoms with E-state index >= 15 is 0 Å². The van der Waals surface area contributed by atoms with Crippen LogP contribution in [0.1, 0.15) is 29.3 Å². The van der Waals surface area contributed by atoms with Gasteiger partial charge in [0.25, 0.3) is 0 Å². The number of ketones is 1. The van der Waals surface area contributed by atoms with Crippen LogP contribution in [-0.4, -0.2) is 5.78 Å². The molecule has 1 heterocycles. The van der Waals surface area contributed by atoms with Crippen molar-refractivity contribution >= 4 is 27.7 Å². The number of Topliss-reactive ketones (excluding diaryl/α,β-unsaturated/α-hetero) is 1. The van der Waals surface area contributed by atoms with Crippen LogP contribution in [0, 0.1) is 6.92 Å². The number of rotatable bonds is 2. The number of benzene rings is 2. The number of aryl methyl sites for hydroxylation is 1. The monoisotopic (exact) mass is 238 g/mol. The predicted molar refractivity (Wildman–Crippen MR) is 73.1 cm³/mol. The topological polar surface area (TPSA) is 30.2 Å². The molecule has 90 valence electrons. The van der Waals surface area contributed by atoms with Gasteiger partial charge in [-0.3, -0.25) is 4.79 Å². The van der Waals surface area contributed by atoms with Crippen molar-refractivity contribution in [2.75, 3.05) is 0 Å². The second-order valence-electron chi connectivity index (χ2n) is 4.54. The minimum absolute atomic E-state index is 0.162. The van der Waals surface area contributed by atoms with Crippen molar-refractivity contribution in [1.29, 1.82) is 0 Å². The maximum absolute atomic E-state index is 11.9. The molecule has 18 heavy (non-hydrogen) atoms. The molecule has 3 aromatic rings. The van der Waals surface area contributed by atoms with Gasteiger partial charge in [-0.25, -0.2) is 0 Å². The van der Waals surface area contributed by atoms with Crippen molar-refractivity contribution in [2.45, 2.75) is 20.3 Å². The lowest BCUT2D eigenvalue weighted by Gasteiger charge is -2.02. The molecule has 0 amide bonds. The Labute approximate surface area is 105 Å². The molecule has 0 aliphatic rings. The Balaban J connectivity index is 2.36. The molecule has 0 saturated heterocycles. The van der Waals surface area contributed by atoms with Gasteiger partial charge < -0.3 is 4.42 Å². The SMILES string of the molecule is CCC(=O)c1cc2oc3ccccc3c2cc1C. The van der Waals surface area contributed by atoms with Crippen LogP contribution in [0.4, 0.5) is 0 Å². The van der Waals surface area contributed by atoms with Crippen molar-refractivity contribution in [3.8, 4) is 0 Å². The number of furan rings is 1. The minimum Gasteiger partial charge on any atom is -0.456 e. The highest BCUT2D eigenvalue weighted by atomic mass is 16.3. The van der Waals surface area contributed by atoms with Gasteiger partial charge >= 0.3 is 0 Å². The van der Waals surface area contributed by atoms with Crippen molar-refractivity contribution in [1.82, 2.24) is 0 Å². The average Bonchev–Trinajstić information content (AvgIpc) is 2.75. The van der Waals surface area contributed by atoms with Crippen LogP contribution >= 0.6 is 0 Å². The normalized spacial score (nSPS) is 11.2. The molecule has 0 aliphatic carbocycles. The molecule has 0 saturated carbocycles. The number of carbonyl (C=O) groups excluding carboxylic acids is 1. The second kappa shape index (κ2) is 3.98. The summed E-state index contributed by atoms with van der Waals surface area (Å²) >= 11 is 0. The van der Waals surface area contributed by atoms with Gasteiger partial charge in [0.2, 0.25) is 0 Å². The fraction of sp³-hybridized carbons (Fsp3) is 0.188.